The summed E-state index contributed by atoms with van der Waals surface area (Å²) in [5, 5.41) is 5.86. The van der Waals surface area contributed by atoms with E-state index >= 15 is 0 Å². The van der Waals surface area contributed by atoms with Gasteiger partial charge in [-0.1, -0.05) is 34.5 Å². The number of nitrogens with one attached hydrogen (secondary N) is 1. The van der Waals surface area contributed by atoms with E-state index in [4.69, 9.17) is 9.57 Å². The fraction of sp³-hybridized carbons (Fsp3) is 0.300. The SMILES string of the molecule is COc1ccccc1C(=O)NN1C(c2cc(C)cc(C)c2)=NOC1(C)C. The van der Waals surface area contributed by atoms with Gasteiger partial charge in [-0.25, -0.2) is 5.01 Å². The zero-order valence-electron chi connectivity index (χ0n) is 15.7. The fourth-order valence-corrected chi connectivity index (χ4v) is 2.96. The number of nitrogens with zero attached hydrogens (tertiary/aromatic N) is 2. The fourth-order valence-electron chi connectivity index (χ4n) is 2.96. The van der Waals surface area contributed by atoms with E-state index in [1.54, 1.807) is 23.2 Å². The largest absolute Gasteiger partial charge is 0.496 e. The van der Waals surface area contributed by atoms with Gasteiger partial charge in [-0.2, -0.15) is 0 Å². The van der Waals surface area contributed by atoms with Crippen molar-refractivity contribution < 1.29 is 14.4 Å². The molecule has 0 saturated carbocycles. The minimum absolute atomic E-state index is 0.293. The van der Waals surface area contributed by atoms with E-state index in [0.29, 0.717) is 17.1 Å². The minimum Gasteiger partial charge on any atom is -0.496 e. The van der Waals surface area contributed by atoms with E-state index in [0.717, 1.165) is 16.7 Å². The Labute approximate surface area is 153 Å². The second-order valence-electron chi connectivity index (χ2n) is 6.81. The van der Waals surface area contributed by atoms with Crippen molar-refractivity contribution in [2.24, 2.45) is 5.16 Å². The van der Waals surface area contributed by atoms with E-state index in [9.17, 15) is 4.79 Å². The Hall–Kier alpha value is -3.02. The van der Waals surface area contributed by atoms with Gasteiger partial charge in [0.2, 0.25) is 5.72 Å². The third-order valence-electron chi connectivity index (χ3n) is 4.15. The minimum atomic E-state index is -0.815. The first-order valence-corrected chi connectivity index (χ1v) is 8.41. The molecular weight excluding hydrogens is 330 g/mol. The highest BCUT2D eigenvalue weighted by atomic mass is 16.7. The summed E-state index contributed by atoms with van der Waals surface area (Å²) in [5.74, 6) is 0.774. The third kappa shape index (κ3) is 3.35. The molecule has 0 spiro atoms. The summed E-state index contributed by atoms with van der Waals surface area (Å²) in [6.07, 6.45) is 0. The molecule has 0 atom stereocenters. The Bertz CT molecular complexity index is 854. The number of amides is 1. The first-order chi connectivity index (χ1) is 12.3. The Morgan fingerprint density at radius 1 is 1.15 bits per heavy atom. The predicted octanol–water partition coefficient (Wildman–Crippen LogP) is 3.39. The zero-order chi connectivity index (χ0) is 18.9. The standard InChI is InChI=1S/C20H23N3O3/c1-13-10-14(2)12-15(11-13)18-22-26-20(3,4)23(18)21-19(24)16-8-6-7-9-17(16)25-5/h6-12H,1-5H3,(H,21,24). The van der Waals surface area contributed by atoms with Crippen molar-refractivity contribution in [1.29, 1.82) is 0 Å². The van der Waals surface area contributed by atoms with Gasteiger partial charge in [-0.3, -0.25) is 10.2 Å². The van der Waals surface area contributed by atoms with Crippen molar-refractivity contribution in [3.8, 4) is 5.75 Å². The van der Waals surface area contributed by atoms with Crippen LogP contribution in [0.1, 0.15) is 40.9 Å². The van der Waals surface area contributed by atoms with Gasteiger partial charge >= 0.3 is 0 Å². The Morgan fingerprint density at radius 2 is 1.81 bits per heavy atom. The van der Waals surface area contributed by atoms with Gasteiger partial charge in [0.25, 0.3) is 5.91 Å². The molecule has 26 heavy (non-hydrogen) atoms. The molecule has 2 aromatic carbocycles. The van der Waals surface area contributed by atoms with Gasteiger partial charge in [-0.05, 0) is 52.0 Å². The second-order valence-corrected chi connectivity index (χ2v) is 6.81. The number of hydrazine groups is 1. The van der Waals surface area contributed by atoms with Crippen molar-refractivity contribution in [2.75, 3.05) is 7.11 Å². The van der Waals surface area contributed by atoms with E-state index in [1.165, 1.54) is 7.11 Å². The first kappa shape index (κ1) is 17.8. The van der Waals surface area contributed by atoms with Crippen molar-refractivity contribution in [1.82, 2.24) is 10.4 Å². The lowest BCUT2D eigenvalue weighted by Crippen LogP contribution is -2.54. The molecule has 0 radical (unpaired) electrons. The normalized spacial score (nSPS) is 15.3. The van der Waals surface area contributed by atoms with Crippen LogP contribution in [0.5, 0.6) is 5.75 Å². The molecule has 0 fully saturated rings. The predicted molar refractivity (Wildman–Crippen MR) is 99.9 cm³/mol. The maximum Gasteiger partial charge on any atom is 0.273 e. The number of para-hydroxylation sites is 1. The number of aryl methyl sites for hydroxylation is 2. The Balaban J connectivity index is 1.93. The smallest absolute Gasteiger partial charge is 0.273 e. The first-order valence-electron chi connectivity index (χ1n) is 8.41. The zero-order valence-corrected chi connectivity index (χ0v) is 15.7. The van der Waals surface area contributed by atoms with Crippen LogP contribution in [0.4, 0.5) is 0 Å². The number of rotatable bonds is 4. The molecule has 2 aromatic rings. The maximum atomic E-state index is 12.8. The lowest BCUT2D eigenvalue weighted by Gasteiger charge is -2.31. The summed E-state index contributed by atoms with van der Waals surface area (Å²) < 4.78 is 5.29. The summed E-state index contributed by atoms with van der Waals surface area (Å²) in [7, 11) is 1.54. The van der Waals surface area contributed by atoms with Crippen LogP contribution in [-0.2, 0) is 4.84 Å². The molecule has 0 unspecified atom stereocenters. The lowest BCUT2D eigenvalue weighted by molar-refractivity contribution is -0.0824. The van der Waals surface area contributed by atoms with Crippen LogP contribution < -0.4 is 10.2 Å². The van der Waals surface area contributed by atoms with Gasteiger partial charge in [0, 0.05) is 5.56 Å². The van der Waals surface area contributed by atoms with Crippen LogP contribution >= 0.6 is 0 Å². The molecule has 6 nitrogen and oxygen atoms in total. The maximum absolute atomic E-state index is 12.8. The third-order valence-corrected chi connectivity index (χ3v) is 4.15. The highest BCUT2D eigenvalue weighted by Gasteiger charge is 2.40. The van der Waals surface area contributed by atoms with Gasteiger partial charge in [0.15, 0.2) is 5.84 Å². The molecule has 1 heterocycles. The van der Waals surface area contributed by atoms with Crippen LogP contribution in [0.2, 0.25) is 0 Å². The molecule has 1 aliphatic rings. The van der Waals surface area contributed by atoms with Gasteiger partial charge < -0.3 is 9.57 Å². The number of ether oxygens (including phenoxy) is 1. The Morgan fingerprint density at radius 3 is 2.46 bits per heavy atom. The van der Waals surface area contributed by atoms with Crippen molar-refractivity contribution in [3.05, 3.63) is 64.7 Å². The van der Waals surface area contributed by atoms with E-state index in [1.807, 2.05) is 45.9 Å². The quantitative estimate of drug-likeness (QED) is 0.915. The summed E-state index contributed by atoms with van der Waals surface area (Å²) >= 11 is 0. The number of hydrogen-bond acceptors (Lipinski definition) is 5. The second kappa shape index (κ2) is 6.71. The number of methoxy groups -OCH3 is 1. The summed E-state index contributed by atoms with van der Waals surface area (Å²) in [6, 6.07) is 13.2. The summed E-state index contributed by atoms with van der Waals surface area (Å²) in [6.45, 7) is 7.73. The number of hydrogen-bond donors (Lipinski definition) is 1. The van der Waals surface area contributed by atoms with E-state index in [2.05, 4.69) is 16.6 Å². The Kier molecular flexibility index (Phi) is 4.59. The molecule has 1 aliphatic heterocycles. The lowest BCUT2D eigenvalue weighted by atomic mass is 10.1. The highest BCUT2D eigenvalue weighted by molar-refractivity contribution is 6.03. The molecular formula is C20H23N3O3. The molecule has 1 amide bonds. The van der Waals surface area contributed by atoms with Crippen LogP contribution in [-0.4, -0.2) is 29.6 Å². The highest BCUT2D eigenvalue weighted by Crippen LogP contribution is 2.27. The molecule has 0 aliphatic carbocycles. The monoisotopic (exact) mass is 353 g/mol. The molecule has 6 heteroatoms. The number of oxime groups is 1. The number of carbonyl (C=O) groups excluding carboxylic acids is 1. The summed E-state index contributed by atoms with van der Waals surface area (Å²) in [4.78, 5) is 18.4. The van der Waals surface area contributed by atoms with Crippen LogP contribution in [0.3, 0.4) is 0 Å². The van der Waals surface area contributed by atoms with Crippen molar-refractivity contribution in [2.45, 2.75) is 33.4 Å². The van der Waals surface area contributed by atoms with Gasteiger partial charge in [0.05, 0.1) is 12.7 Å². The average molecular weight is 353 g/mol. The molecule has 0 saturated heterocycles. The summed E-state index contributed by atoms with van der Waals surface area (Å²) in [5.41, 5.74) is 5.64. The van der Waals surface area contributed by atoms with Crippen molar-refractivity contribution >= 4 is 11.7 Å². The van der Waals surface area contributed by atoms with Crippen LogP contribution in [0, 0.1) is 13.8 Å². The topological polar surface area (TPSA) is 63.2 Å². The average Bonchev–Trinajstić information content (AvgIpc) is 2.88. The van der Waals surface area contributed by atoms with E-state index in [-0.39, 0.29) is 5.91 Å². The number of benzene rings is 2. The number of amidine groups is 1. The molecule has 1 N–H and O–H groups in total. The number of carbonyl (C=O) groups is 1. The molecule has 0 bridgehead atoms. The van der Waals surface area contributed by atoms with Gasteiger partial charge in [0.1, 0.15) is 5.75 Å². The van der Waals surface area contributed by atoms with Crippen molar-refractivity contribution in [3.63, 3.8) is 0 Å². The van der Waals surface area contributed by atoms with Crippen LogP contribution in [0.25, 0.3) is 0 Å². The van der Waals surface area contributed by atoms with Crippen LogP contribution in [0.15, 0.2) is 47.6 Å². The van der Waals surface area contributed by atoms with E-state index < -0.39 is 5.72 Å². The van der Waals surface area contributed by atoms with Gasteiger partial charge in [-0.15, -0.1) is 0 Å². The molecule has 136 valence electrons. The molecule has 3 rings (SSSR count). The molecule has 0 aromatic heterocycles.